The van der Waals surface area contributed by atoms with Crippen LogP contribution in [0.2, 0.25) is 0 Å². The van der Waals surface area contributed by atoms with Gasteiger partial charge in [-0.2, -0.15) is 0 Å². The van der Waals surface area contributed by atoms with Gasteiger partial charge in [-0.15, -0.1) is 11.3 Å². The number of thiazole rings is 1. The van der Waals surface area contributed by atoms with Gasteiger partial charge in [0.15, 0.2) is 5.13 Å². The van der Waals surface area contributed by atoms with Gasteiger partial charge in [-0.05, 0) is 36.6 Å². The summed E-state index contributed by atoms with van der Waals surface area (Å²) in [4.78, 5) is 9.49. The standard InChI is InChI=1S/C22H28N4OS/c1-18-5-2-3-6-19(18)15-25-12-11-24(16-20(25)8-13-27)17-21-7-4-10-26(21)22-23-9-14-28-22/h2-7,9-10,14,20,27H,8,11-13,15-17H2,1H3. The molecular formula is C22H28N4OS. The van der Waals surface area contributed by atoms with Gasteiger partial charge in [0.25, 0.3) is 0 Å². The van der Waals surface area contributed by atoms with E-state index in [0.717, 1.165) is 44.3 Å². The summed E-state index contributed by atoms with van der Waals surface area (Å²) in [6.45, 7) is 7.33. The Balaban J connectivity index is 1.44. The average Bonchev–Trinajstić information content (AvgIpc) is 3.37. The second-order valence-corrected chi connectivity index (χ2v) is 8.36. The van der Waals surface area contributed by atoms with Crippen LogP contribution >= 0.6 is 11.3 Å². The molecule has 28 heavy (non-hydrogen) atoms. The molecule has 1 aromatic carbocycles. The molecular weight excluding hydrogens is 368 g/mol. The molecule has 0 spiro atoms. The van der Waals surface area contributed by atoms with Gasteiger partial charge in [0.05, 0.1) is 0 Å². The number of hydrogen-bond acceptors (Lipinski definition) is 5. The van der Waals surface area contributed by atoms with E-state index < -0.39 is 0 Å². The number of nitrogens with zero attached hydrogens (tertiary/aromatic N) is 4. The molecule has 6 heteroatoms. The predicted molar refractivity (Wildman–Crippen MR) is 114 cm³/mol. The van der Waals surface area contributed by atoms with Gasteiger partial charge in [-0.1, -0.05) is 24.3 Å². The fourth-order valence-electron chi connectivity index (χ4n) is 4.03. The van der Waals surface area contributed by atoms with E-state index in [2.05, 4.69) is 68.9 Å². The van der Waals surface area contributed by atoms with E-state index in [0.29, 0.717) is 6.04 Å². The van der Waals surface area contributed by atoms with Crippen LogP contribution in [0.15, 0.2) is 54.2 Å². The molecule has 1 aliphatic heterocycles. The zero-order valence-corrected chi connectivity index (χ0v) is 17.2. The highest BCUT2D eigenvalue weighted by Gasteiger charge is 2.27. The third-order valence-electron chi connectivity index (χ3n) is 5.63. The van der Waals surface area contributed by atoms with E-state index in [1.165, 1.54) is 16.8 Å². The van der Waals surface area contributed by atoms with Crippen LogP contribution in [0.4, 0.5) is 0 Å². The molecule has 1 atom stereocenters. The van der Waals surface area contributed by atoms with E-state index in [4.69, 9.17) is 0 Å². The molecule has 0 radical (unpaired) electrons. The summed E-state index contributed by atoms with van der Waals surface area (Å²) in [5.74, 6) is 0. The van der Waals surface area contributed by atoms with Crippen LogP contribution in [-0.2, 0) is 13.1 Å². The van der Waals surface area contributed by atoms with Crippen molar-refractivity contribution in [1.82, 2.24) is 19.4 Å². The van der Waals surface area contributed by atoms with E-state index >= 15 is 0 Å². The van der Waals surface area contributed by atoms with Crippen molar-refractivity contribution in [3.8, 4) is 5.13 Å². The Labute approximate surface area is 170 Å². The fourth-order valence-corrected chi connectivity index (χ4v) is 4.69. The van der Waals surface area contributed by atoms with Gasteiger partial charge < -0.3 is 5.11 Å². The molecule has 0 saturated carbocycles. The van der Waals surface area contributed by atoms with Crippen LogP contribution < -0.4 is 0 Å². The predicted octanol–water partition coefficient (Wildman–Crippen LogP) is 3.31. The third kappa shape index (κ3) is 4.36. The summed E-state index contributed by atoms with van der Waals surface area (Å²) >= 11 is 1.66. The molecule has 148 valence electrons. The van der Waals surface area contributed by atoms with Crippen molar-refractivity contribution in [2.24, 2.45) is 0 Å². The Kier molecular flexibility index (Phi) is 6.22. The molecule has 1 fully saturated rings. The lowest BCUT2D eigenvalue weighted by Crippen LogP contribution is -2.52. The van der Waals surface area contributed by atoms with Crippen LogP contribution in [-0.4, -0.2) is 56.7 Å². The van der Waals surface area contributed by atoms with Crippen LogP contribution in [0.25, 0.3) is 5.13 Å². The Hall–Kier alpha value is -1.99. The van der Waals surface area contributed by atoms with Crippen LogP contribution in [0.5, 0.6) is 0 Å². The van der Waals surface area contributed by atoms with Crippen molar-refractivity contribution >= 4 is 11.3 Å². The lowest BCUT2D eigenvalue weighted by atomic mass is 10.0. The average molecular weight is 397 g/mol. The summed E-state index contributed by atoms with van der Waals surface area (Å²) in [5, 5.41) is 12.6. The minimum atomic E-state index is 0.234. The largest absolute Gasteiger partial charge is 0.396 e. The smallest absolute Gasteiger partial charge is 0.193 e. The summed E-state index contributed by atoms with van der Waals surface area (Å²) in [5.41, 5.74) is 4.00. The summed E-state index contributed by atoms with van der Waals surface area (Å²) in [7, 11) is 0. The Bertz CT molecular complexity index is 876. The highest BCUT2D eigenvalue weighted by atomic mass is 32.1. The topological polar surface area (TPSA) is 44.5 Å². The number of aliphatic hydroxyl groups is 1. The first-order chi connectivity index (χ1) is 13.7. The van der Waals surface area contributed by atoms with E-state index in [-0.39, 0.29) is 6.61 Å². The van der Waals surface area contributed by atoms with Crippen molar-refractivity contribution in [2.45, 2.75) is 32.5 Å². The van der Waals surface area contributed by atoms with E-state index in [9.17, 15) is 5.11 Å². The Morgan fingerprint density at radius 1 is 1.14 bits per heavy atom. The number of hydrogen-bond donors (Lipinski definition) is 1. The molecule has 3 heterocycles. The van der Waals surface area contributed by atoms with Gasteiger partial charge in [0.1, 0.15) is 0 Å². The van der Waals surface area contributed by atoms with E-state index in [1.54, 1.807) is 11.3 Å². The normalized spacial score (nSPS) is 18.6. The number of aryl methyl sites for hydroxylation is 1. The Morgan fingerprint density at radius 2 is 2.04 bits per heavy atom. The molecule has 1 N–H and O–H groups in total. The zero-order chi connectivity index (χ0) is 19.3. The highest BCUT2D eigenvalue weighted by molar-refractivity contribution is 7.12. The Morgan fingerprint density at radius 3 is 2.82 bits per heavy atom. The van der Waals surface area contributed by atoms with Gasteiger partial charge in [0, 0.05) is 68.8 Å². The lowest BCUT2D eigenvalue weighted by molar-refractivity contribution is 0.0491. The van der Waals surface area contributed by atoms with E-state index in [1.807, 2.05) is 11.6 Å². The van der Waals surface area contributed by atoms with Crippen molar-refractivity contribution in [2.75, 3.05) is 26.2 Å². The zero-order valence-electron chi connectivity index (χ0n) is 16.4. The van der Waals surface area contributed by atoms with Crippen molar-refractivity contribution < 1.29 is 5.11 Å². The first-order valence-corrected chi connectivity index (χ1v) is 10.8. The maximum atomic E-state index is 9.61. The quantitative estimate of drug-likeness (QED) is 0.665. The number of rotatable bonds is 7. The van der Waals surface area contributed by atoms with Gasteiger partial charge >= 0.3 is 0 Å². The van der Waals surface area contributed by atoms with Crippen molar-refractivity contribution in [3.05, 3.63) is 71.0 Å². The monoisotopic (exact) mass is 396 g/mol. The number of aliphatic hydroxyl groups excluding tert-OH is 1. The van der Waals surface area contributed by atoms with Crippen molar-refractivity contribution in [1.29, 1.82) is 0 Å². The number of piperazine rings is 1. The van der Waals surface area contributed by atoms with Gasteiger partial charge in [0.2, 0.25) is 0 Å². The molecule has 1 saturated heterocycles. The molecule has 4 rings (SSSR count). The van der Waals surface area contributed by atoms with Gasteiger partial charge in [-0.3, -0.25) is 14.4 Å². The first kappa shape index (κ1) is 19.3. The minimum absolute atomic E-state index is 0.234. The summed E-state index contributed by atoms with van der Waals surface area (Å²) in [6, 6.07) is 13.3. The second kappa shape index (κ2) is 9.01. The molecule has 3 aromatic rings. The molecule has 0 bridgehead atoms. The van der Waals surface area contributed by atoms with Crippen LogP contribution in [0.3, 0.4) is 0 Å². The minimum Gasteiger partial charge on any atom is -0.396 e. The number of aromatic nitrogens is 2. The summed E-state index contributed by atoms with van der Waals surface area (Å²) in [6.07, 6.45) is 4.76. The first-order valence-electron chi connectivity index (χ1n) is 9.92. The fraction of sp³-hybridized carbons (Fsp3) is 0.409. The molecule has 0 aliphatic carbocycles. The number of benzene rings is 1. The molecule has 2 aromatic heterocycles. The third-order valence-corrected chi connectivity index (χ3v) is 6.40. The lowest BCUT2D eigenvalue weighted by Gasteiger charge is -2.41. The van der Waals surface area contributed by atoms with Crippen molar-refractivity contribution in [3.63, 3.8) is 0 Å². The van der Waals surface area contributed by atoms with Crippen LogP contribution in [0, 0.1) is 6.92 Å². The molecule has 0 amide bonds. The maximum Gasteiger partial charge on any atom is 0.193 e. The highest BCUT2D eigenvalue weighted by Crippen LogP contribution is 2.21. The molecule has 1 aliphatic rings. The summed E-state index contributed by atoms with van der Waals surface area (Å²) < 4.78 is 2.19. The molecule has 5 nitrogen and oxygen atoms in total. The molecule has 1 unspecified atom stereocenters. The second-order valence-electron chi connectivity index (χ2n) is 7.48. The van der Waals surface area contributed by atoms with Gasteiger partial charge in [-0.25, -0.2) is 4.98 Å². The maximum absolute atomic E-state index is 9.61. The van der Waals surface area contributed by atoms with Crippen LogP contribution in [0.1, 0.15) is 23.2 Å². The SMILES string of the molecule is Cc1ccccc1CN1CCN(Cc2cccn2-c2nccs2)CC1CCO.